The molecule has 4 rings (SSSR count). The Hall–Kier alpha value is -2.12. The molecule has 1 saturated heterocycles. The Balaban J connectivity index is 1.71. The number of aliphatic hydroxyl groups is 3. The second-order valence-corrected chi connectivity index (χ2v) is 8.57. The fourth-order valence-electron chi connectivity index (χ4n) is 5.08. The van der Waals surface area contributed by atoms with E-state index in [2.05, 4.69) is 19.1 Å². The lowest BCUT2D eigenvalue weighted by atomic mass is 9.85. The molecule has 3 N–H and O–H groups in total. The molecular weight excluding hydrogens is 396 g/mol. The monoisotopic (exact) mass is 428 g/mol. The lowest BCUT2D eigenvalue weighted by Gasteiger charge is -2.37. The van der Waals surface area contributed by atoms with Gasteiger partial charge in [0.1, 0.15) is 12.2 Å². The van der Waals surface area contributed by atoms with Gasteiger partial charge in [-0.2, -0.15) is 0 Å². The highest BCUT2D eigenvalue weighted by Crippen LogP contribution is 2.40. The Kier molecular flexibility index (Phi) is 6.53. The quantitative estimate of drug-likeness (QED) is 0.656. The summed E-state index contributed by atoms with van der Waals surface area (Å²) in [7, 11) is 3.27. The van der Waals surface area contributed by atoms with E-state index in [-0.39, 0.29) is 12.7 Å². The topological polar surface area (TPSA) is 88.4 Å². The zero-order valence-electron chi connectivity index (χ0n) is 18.4. The van der Waals surface area contributed by atoms with E-state index in [1.807, 2.05) is 12.1 Å². The van der Waals surface area contributed by atoms with Crippen LogP contribution >= 0.6 is 0 Å². The number of ether oxygens (including phenoxy) is 3. The zero-order valence-corrected chi connectivity index (χ0v) is 18.4. The van der Waals surface area contributed by atoms with E-state index in [0.29, 0.717) is 17.9 Å². The number of hydrogen-bond acceptors (Lipinski definition) is 6. The normalized spacial score (nSPS) is 25.4. The molecule has 0 bridgehead atoms. The van der Waals surface area contributed by atoms with Crippen LogP contribution in [0.3, 0.4) is 0 Å². The molecule has 2 aliphatic rings. The Labute approximate surface area is 183 Å². The van der Waals surface area contributed by atoms with Crippen LogP contribution < -0.4 is 9.47 Å². The highest BCUT2D eigenvalue weighted by Gasteiger charge is 2.38. The summed E-state index contributed by atoms with van der Waals surface area (Å²) < 4.78 is 16.9. The largest absolute Gasteiger partial charge is 0.493 e. The Morgan fingerprint density at radius 3 is 2.48 bits per heavy atom. The number of methoxy groups -OCH3 is 2. The van der Waals surface area contributed by atoms with Crippen molar-refractivity contribution in [3.8, 4) is 11.5 Å². The SMILES string of the molecule is COc1ccc(Cc2cc(C3CC(O)C(O)C(CO)O3)c(C)c3c2CCC3)cc1OC. The smallest absolute Gasteiger partial charge is 0.160 e. The van der Waals surface area contributed by atoms with Gasteiger partial charge in [-0.15, -0.1) is 0 Å². The third kappa shape index (κ3) is 4.17. The van der Waals surface area contributed by atoms with Gasteiger partial charge >= 0.3 is 0 Å². The van der Waals surface area contributed by atoms with Crippen LogP contribution in [0.1, 0.15) is 52.3 Å². The average molecular weight is 429 g/mol. The van der Waals surface area contributed by atoms with E-state index in [1.54, 1.807) is 14.2 Å². The van der Waals surface area contributed by atoms with Crippen LogP contribution in [0.4, 0.5) is 0 Å². The molecule has 1 aliphatic carbocycles. The van der Waals surface area contributed by atoms with Crippen molar-refractivity contribution in [2.24, 2.45) is 0 Å². The summed E-state index contributed by atoms with van der Waals surface area (Å²) >= 11 is 0. The standard InChI is InChI=1S/C25H32O6/c1-14-17-5-4-6-18(17)16(9-15-7-8-21(29-2)23(10-15)30-3)11-19(14)22-12-20(27)25(28)24(13-26)31-22/h7-8,10-11,20,22,24-28H,4-6,9,12-13H2,1-3H3. The lowest BCUT2D eigenvalue weighted by molar-refractivity contribution is -0.181. The van der Waals surface area contributed by atoms with Crippen molar-refractivity contribution in [2.45, 2.75) is 63.4 Å². The van der Waals surface area contributed by atoms with Gasteiger partial charge in [0.05, 0.1) is 33.0 Å². The summed E-state index contributed by atoms with van der Waals surface area (Å²) in [6, 6.07) is 8.19. The summed E-state index contributed by atoms with van der Waals surface area (Å²) in [6.45, 7) is 1.80. The zero-order chi connectivity index (χ0) is 22.1. The molecule has 0 radical (unpaired) electrons. The first-order chi connectivity index (χ1) is 15.0. The molecule has 6 nitrogen and oxygen atoms in total. The first-order valence-electron chi connectivity index (χ1n) is 10.9. The maximum absolute atomic E-state index is 10.3. The van der Waals surface area contributed by atoms with E-state index < -0.39 is 18.3 Å². The second kappa shape index (κ2) is 9.17. The maximum atomic E-state index is 10.3. The molecular formula is C25H32O6. The molecule has 1 aliphatic heterocycles. The van der Waals surface area contributed by atoms with Gasteiger partial charge in [-0.25, -0.2) is 0 Å². The van der Waals surface area contributed by atoms with Crippen LogP contribution in [0.5, 0.6) is 11.5 Å². The highest BCUT2D eigenvalue weighted by molar-refractivity contribution is 5.51. The van der Waals surface area contributed by atoms with Gasteiger partial charge in [0.2, 0.25) is 0 Å². The van der Waals surface area contributed by atoms with Gasteiger partial charge in [-0.1, -0.05) is 12.1 Å². The minimum Gasteiger partial charge on any atom is -0.493 e. The van der Waals surface area contributed by atoms with Gasteiger partial charge in [0.25, 0.3) is 0 Å². The Morgan fingerprint density at radius 1 is 1.03 bits per heavy atom. The van der Waals surface area contributed by atoms with Crippen molar-refractivity contribution in [1.82, 2.24) is 0 Å². The first-order valence-corrected chi connectivity index (χ1v) is 10.9. The van der Waals surface area contributed by atoms with E-state index in [0.717, 1.165) is 36.8 Å². The molecule has 4 unspecified atom stereocenters. The van der Waals surface area contributed by atoms with Crippen LogP contribution in [-0.2, 0) is 24.0 Å². The van der Waals surface area contributed by atoms with Gasteiger partial charge in [-0.05, 0) is 78.1 Å². The second-order valence-electron chi connectivity index (χ2n) is 8.57. The van der Waals surface area contributed by atoms with Crippen LogP contribution in [0.15, 0.2) is 24.3 Å². The Morgan fingerprint density at radius 2 is 1.77 bits per heavy atom. The lowest BCUT2D eigenvalue weighted by Crippen LogP contribution is -2.47. The van der Waals surface area contributed by atoms with E-state index >= 15 is 0 Å². The Bertz CT molecular complexity index is 940. The van der Waals surface area contributed by atoms with Crippen molar-refractivity contribution in [3.63, 3.8) is 0 Å². The third-order valence-corrected chi connectivity index (χ3v) is 6.76. The number of benzene rings is 2. The predicted octanol–water partition coefficient (Wildman–Crippen LogP) is 2.64. The molecule has 1 fully saturated rings. The van der Waals surface area contributed by atoms with E-state index in [1.165, 1.54) is 22.3 Å². The molecule has 0 aromatic heterocycles. The summed E-state index contributed by atoms with van der Waals surface area (Å²) in [5, 5.41) is 30.0. The number of hydrogen-bond donors (Lipinski definition) is 3. The molecule has 4 atom stereocenters. The summed E-state index contributed by atoms with van der Waals surface area (Å²) in [5.41, 5.74) is 7.41. The minimum absolute atomic E-state index is 0.313. The minimum atomic E-state index is -1.07. The molecule has 1 heterocycles. The van der Waals surface area contributed by atoms with Crippen LogP contribution in [0, 0.1) is 6.92 Å². The number of aliphatic hydroxyl groups excluding tert-OH is 3. The van der Waals surface area contributed by atoms with Crippen molar-refractivity contribution in [3.05, 3.63) is 57.6 Å². The molecule has 0 amide bonds. The van der Waals surface area contributed by atoms with Crippen molar-refractivity contribution >= 4 is 0 Å². The van der Waals surface area contributed by atoms with Crippen LogP contribution in [0.2, 0.25) is 0 Å². The predicted molar refractivity (Wildman–Crippen MR) is 117 cm³/mol. The maximum Gasteiger partial charge on any atom is 0.160 e. The molecule has 6 heteroatoms. The molecule has 168 valence electrons. The van der Waals surface area contributed by atoms with E-state index in [4.69, 9.17) is 14.2 Å². The van der Waals surface area contributed by atoms with Gasteiger partial charge in [0.15, 0.2) is 11.5 Å². The van der Waals surface area contributed by atoms with Crippen LogP contribution in [0.25, 0.3) is 0 Å². The number of fused-ring (bicyclic) bond motifs is 1. The fraction of sp³-hybridized carbons (Fsp3) is 0.520. The first kappa shape index (κ1) is 22.1. The van der Waals surface area contributed by atoms with Gasteiger partial charge < -0.3 is 29.5 Å². The molecule has 0 saturated carbocycles. The molecule has 2 aromatic rings. The number of rotatable bonds is 6. The highest BCUT2D eigenvalue weighted by atomic mass is 16.5. The summed E-state index contributed by atoms with van der Waals surface area (Å²) in [6.07, 6.45) is 1.18. The third-order valence-electron chi connectivity index (χ3n) is 6.76. The van der Waals surface area contributed by atoms with E-state index in [9.17, 15) is 15.3 Å². The molecule has 0 spiro atoms. The van der Waals surface area contributed by atoms with Crippen molar-refractivity contribution in [1.29, 1.82) is 0 Å². The summed E-state index contributed by atoms with van der Waals surface area (Å²) in [4.78, 5) is 0. The van der Waals surface area contributed by atoms with Gasteiger partial charge in [0, 0.05) is 6.42 Å². The summed E-state index contributed by atoms with van der Waals surface area (Å²) in [5.74, 6) is 1.42. The molecule has 31 heavy (non-hydrogen) atoms. The van der Waals surface area contributed by atoms with Crippen LogP contribution in [-0.4, -0.2) is 54.5 Å². The van der Waals surface area contributed by atoms with Crippen molar-refractivity contribution < 1.29 is 29.5 Å². The average Bonchev–Trinajstić information content (AvgIpc) is 3.28. The van der Waals surface area contributed by atoms with Crippen molar-refractivity contribution in [2.75, 3.05) is 20.8 Å². The fourth-order valence-corrected chi connectivity index (χ4v) is 5.08. The van der Waals surface area contributed by atoms with Gasteiger partial charge in [-0.3, -0.25) is 0 Å². The molecule has 2 aromatic carbocycles.